The van der Waals surface area contributed by atoms with Crippen LogP contribution in [0.1, 0.15) is 18.2 Å². The topological polar surface area (TPSA) is 39.9 Å². The van der Waals surface area contributed by atoms with Gasteiger partial charge in [-0.1, -0.05) is 40.9 Å². The van der Waals surface area contributed by atoms with Crippen molar-refractivity contribution in [2.45, 2.75) is 17.3 Å². The summed E-state index contributed by atoms with van der Waals surface area (Å²) in [6, 6.07) is 2.13. The molecule has 0 spiro atoms. The number of anilines is 1. The van der Waals surface area contributed by atoms with E-state index in [0.717, 1.165) is 24.1 Å². The normalized spacial score (nSPS) is 26.3. The SMILES string of the molecule is CC1CCN(c2ncc(C#N)s2)CC1I. The fourth-order valence-corrected chi connectivity index (χ4v) is 3.24. The van der Waals surface area contributed by atoms with Gasteiger partial charge in [-0.3, -0.25) is 0 Å². The Morgan fingerprint density at radius 1 is 1.73 bits per heavy atom. The van der Waals surface area contributed by atoms with E-state index in [2.05, 4.69) is 45.5 Å². The molecule has 15 heavy (non-hydrogen) atoms. The molecule has 1 aliphatic heterocycles. The summed E-state index contributed by atoms with van der Waals surface area (Å²) in [5.74, 6) is 0.789. The number of hydrogen-bond donors (Lipinski definition) is 0. The first kappa shape index (κ1) is 11.1. The molecule has 2 atom stereocenters. The maximum Gasteiger partial charge on any atom is 0.186 e. The quantitative estimate of drug-likeness (QED) is 0.586. The van der Waals surface area contributed by atoms with Gasteiger partial charge < -0.3 is 4.90 Å². The van der Waals surface area contributed by atoms with Crippen molar-refractivity contribution in [1.29, 1.82) is 5.26 Å². The van der Waals surface area contributed by atoms with Gasteiger partial charge in [0, 0.05) is 17.0 Å². The van der Waals surface area contributed by atoms with Crippen LogP contribution in [0.5, 0.6) is 0 Å². The molecule has 2 rings (SSSR count). The molecule has 1 aromatic heterocycles. The van der Waals surface area contributed by atoms with Gasteiger partial charge in [-0.15, -0.1) is 0 Å². The molecule has 2 heterocycles. The van der Waals surface area contributed by atoms with Crippen LogP contribution in [-0.2, 0) is 0 Å². The highest BCUT2D eigenvalue weighted by molar-refractivity contribution is 14.1. The highest BCUT2D eigenvalue weighted by Gasteiger charge is 2.25. The second-order valence-corrected chi connectivity index (χ2v) is 6.46. The summed E-state index contributed by atoms with van der Waals surface area (Å²) in [5, 5.41) is 9.74. The van der Waals surface area contributed by atoms with Crippen LogP contribution < -0.4 is 4.90 Å². The van der Waals surface area contributed by atoms with Gasteiger partial charge in [0.1, 0.15) is 10.9 Å². The van der Waals surface area contributed by atoms with Crippen LogP contribution in [0.25, 0.3) is 0 Å². The highest BCUT2D eigenvalue weighted by Crippen LogP contribution is 2.29. The highest BCUT2D eigenvalue weighted by atomic mass is 127. The predicted octanol–water partition coefficient (Wildman–Crippen LogP) is 2.66. The predicted molar refractivity (Wildman–Crippen MR) is 70.6 cm³/mol. The molecule has 3 nitrogen and oxygen atoms in total. The number of alkyl halides is 1. The van der Waals surface area contributed by atoms with Gasteiger partial charge >= 0.3 is 0 Å². The van der Waals surface area contributed by atoms with E-state index >= 15 is 0 Å². The number of nitrogens with zero attached hydrogens (tertiary/aromatic N) is 3. The molecule has 5 heteroatoms. The maximum absolute atomic E-state index is 8.74. The minimum absolute atomic E-state index is 0.686. The summed E-state index contributed by atoms with van der Waals surface area (Å²) in [5.41, 5.74) is 0. The largest absolute Gasteiger partial charge is 0.347 e. The average molecular weight is 333 g/mol. The smallest absolute Gasteiger partial charge is 0.186 e. The first-order valence-electron chi connectivity index (χ1n) is 4.95. The summed E-state index contributed by atoms with van der Waals surface area (Å²) >= 11 is 4.00. The molecule has 0 amide bonds. The Kier molecular flexibility index (Phi) is 3.46. The molecule has 1 aromatic rings. The second kappa shape index (κ2) is 4.66. The lowest BCUT2D eigenvalue weighted by Gasteiger charge is -2.33. The van der Waals surface area contributed by atoms with Crippen molar-refractivity contribution in [3.63, 3.8) is 0 Å². The number of hydrogen-bond acceptors (Lipinski definition) is 4. The fraction of sp³-hybridized carbons (Fsp3) is 0.600. The summed E-state index contributed by atoms with van der Waals surface area (Å²) in [7, 11) is 0. The standard InChI is InChI=1S/C10H12IN3S/c1-7-2-3-14(6-9(7)11)10-13-5-8(4-12)15-10/h5,7,9H,2-3,6H2,1H3. The van der Waals surface area contributed by atoms with E-state index in [1.807, 2.05) is 0 Å². The molecular weight excluding hydrogens is 321 g/mol. The van der Waals surface area contributed by atoms with Crippen molar-refractivity contribution in [3.8, 4) is 6.07 Å². The van der Waals surface area contributed by atoms with E-state index in [-0.39, 0.29) is 0 Å². The first-order chi connectivity index (χ1) is 7.20. The van der Waals surface area contributed by atoms with Crippen LogP contribution in [0, 0.1) is 17.2 Å². The van der Waals surface area contributed by atoms with Crippen LogP contribution in [0.4, 0.5) is 5.13 Å². The van der Waals surface area contributed by atoms with Gasteiger partial charge in [-0.05, 0) is 12.3 Å². The zero-order valence-electron chi connectivity index (χ0n) is 8.48. The summed E-state index contributed by atoms with van der Waals surface area (Å²) < 4.78 is 0.686. The third-order valence-corrected chi connectivity index (χ3v) is 5.33. The molecule has 0 saturated carbocycles. The number of thiazole rings is 1. The van der Waals surface area contributed by atoms with Crippen molar-refractivity contribution in [1.82, 2.24) is 4.98 Å². The first-order valence-corrected chi connectivity index (χ1v) is 7.02. The number of nitriles is 1. The number of rotatable bonds is 1. The van der Waals surface area contributed by atoms with Gasteiger partial charge in [-0.25, -0.2) is 4.98 Å². The van der Waals surface area contributed by atoms with Crippen molar-refractivity contribution in [2.75, 3.05) is 18.0 Å². The van der Waals surface area contributed by atoms with E-state index in [0.29, 0.717) is 8.80 Å². The average Bonchev–Trinajstić information content (AvgIpc) is 2.70. The van der Waals surface area contributed by atoms with Crippen LogP contribution in [0.3, 0.4) is 0 Å². The Bertz CT molecular complexity index is 384. The monoisotopic (exact) mass is 333 g/mol. The fourth-order valence-electron chi connectivity index (χ4n) is 1.66. The Morgan fingerprint density at radius 2 is 2.53 bits per heavy atom. The van der Waals surface area contributed by atoms with E-state index < -0.39 is 0 Å². The Hall–Kier alpha value is -0.350. The van der Waals surface area contributed by atoms with Crippen LogP contribution in [0.15, 0.2) is 6.20 Å². The molecule has 1 fully saturated rings. The number of piperidine rings is 1. The van der Waals surface area contributed by atoms with E-state index in [4.69, 9.17) is 5.26 Å². The molecule has 0 N–H and O–H groups in total. The van der Waals surface area contributed by atoms with Crippen LogP contribution in [-0.4, -0.2) is 22.0 Å². The molecule has 0 aliphatic carbocycles. The van der Waals surface area contributed by atoms with Crippen molar-refractivity contribution >= 4 is 39.1 Å². The van der Waals surface area contributed by atoms with Crippen molar-refractivity contribution in [2.24, 2.45) is 5.92 Å². The van der Waals surface area contributed by atoms with E-state index in [1.54, 1.807) is 6.20 Å². The Balaban J connectivity index is 2.09. The Morgan fingerprint density at radius 3 is 3.13 bits per heavy atom. The molecular formula is C10H12IN3S. The Labute approximate surface area is 107 Å². The summed E-state index contributed by atoms with van der Waals surface area (Å²) in [6.45, 7) is 4.43. The van der Waals surface area contributed by atoms with Gasteiger partial charge in [0.2, 0.25) is 0 Å². The van der Waals surface area contributed by atoms with Crippen LogP contribution in [0.2, 0.25) is 0 Å². The van der Waals surface area contributed by atoms with Gasteiger partial charge in [-0.2, -0.15) is 5.26 Å². The van der Waals surface area contributed by atoms with Gasteiger partial charge in [0.05, 0.1) is 6.20 Å². The van der Waals surface area contributed by atoms with Gasteiger partial charge in [0.25, 0.3) is 0 Å². The molecule has 1 aliphatic rings. The van der Waals surface area contributed by atoms with Gasteiger partial charge in [0.15, 0.2) is 5.13 Å². The lowest BCUT2D eigenvalue weighted by molar-refractivity contribution is 0.463. The number of halogens is 1. The van der Waals surface area contributed by atoms with E-state index in [1.165, 1.54) is 17.8 Å². The lowest BCUT2D eigenvalue weighted by atomic mass is 10.00. The second-order valence-electron chi connectivity index (χ2n) is 3.85. The third kappa shape index (κ3) is 2.42. The molecule has 1 saturated heterocycles. The molecule has 0 radical (unpaired) electrons. The summed E-state index contributed by atoms with van der Waals surface area (Å²) in [4.78, 5) is 7.29. The molecule has 2 unspecified atom stereocenters. The zero-order valence-corrected chi connectivity index (χ0v) is 11.5. The lowest BCUT2D eigenvalue weighted by Crippen LogP contribution is -2.39. The van der Waals surface area contributed by atoms with Crippen molar-refractivity contribution in [3.05, 3.63) is 11.1 Å². The molecule has 80 valence electrons. The zero-order chi connectivity index (χ0) is 10.8. The number of aromatic nitrogens is 1. The van der Waals surface area contributed by atoms with E-state index in [9.17, 15) is 0 Å². The van der Waals surface area contributed by atoms with Crippen molar-refractivity contribution < 1.29 is 0 Å². The molecule has 0 aromatic carbocycles. The third-order valence-electron chi connectivity index (χ3n) is 2.74. The minimum atomic E-state index is 0.686. The summed E-state index contributed by atoms with van der Waals surface area (Å²) in [6.07, 6.45) is 2.88. The minimum Gasteiger partial charge on any atom is -0.347 e. The van der Waals surface area contributed by atoms with Crippen LogP contribution >= 0.6 is 33.9 Å². The maximum atomic E-state index is 8.74. The molecule has 0 bridgehead atoms.